The molecule has 0 radical (unpaired) electrons. The quantitative estimate of drug-likeness (QED) is 0.690. The fourth-order valence-corrected chi connectivity index (χ4v) is 1.80. The molecule has 1 aromatic rings. The minimum atomic E-state index is 0.660. The lowest BCUT2D eigenvalue weighted by molar-refractivity contribution is 0.910. The minimum Gasteiger partial charge on any atom is -0.355 e. The number of anilines is 1. The third-order valence-corrected chi connectivity index (χ3v) is 2.52. The summed E-state index contributed by atoms with van der Waals surface area (Å²) in [4.78, 5) is 10.6. The van der Waals surface area contributed by atoms with E-state index in [1.807, 2.05) is 6.92 Å². The molecule has 1 fully saturated rings. The van der Waals surface area contributed by atoms with Crippen LogP contribution in [0.2, 0.25) is 5.02 Å². The van der Waals surface area contributed by atoms with Gasteiger partial charge in [0.2, 0.25) is 0 Å². The van der Waals surface area contributed by atoms with E-state index in [2.05, 4.69) is 14.9 Å². The average Bonchev–Trinajstić information content (AvgIpc) is 2.61. The van der Waals surface area contributed by atoms with Crippen molar-refractivity contribution in [2.24, 2.45) is 0 Å². The molecule has 0 spiro atoms. The minimum absolute atomic E-state index is 0.660. The first kappa shape index (κ1) is 8.75. The zero-order valence-electron chi connectivity index (χ0n) is 7.63. The number of aryl methyl sites for hydroxylation is 1. The molecule has 0 amide bonds. The van der Waals surface area contributed by atoms with Crippen molar-refractivity contribution in [3.05, 3.63) is 17.0 Å². The van der Waals surface area contributed by atoms with Gasteiger partial charge in [0.25, 0.3) is 0 Å². The highest BCUT2D eigenvalue weighted by Crippen LogP contribution is 2.25. The molecule has 1 saturated heterocycles. The molecular weight excluding hydrogens is 186 g/mol. The third kappa shape index (κ3) is 1.75. The van der Waals surface area contributed by atoms with E-state index in [1.165, 1.54) is 12.8 Å². The van der Waals surface area contributed by atoms with Crippen LogP contribution in [0.4, 0.5) is 5.82 Å². The van der Waals surface area contributed by atoms with E-state index >= 15 is 0 Å². The van der Waals surface area contributed by atoms with Gasteiger partial charge in [-0.3, -0.25) is 0 Å². The lowest BCUT2D eigenvalue weighted by Crippen LogP contribution is -2.19. The van der Waals surface area contributed by atoms with E-state index < -0.39 is 0 Å². The third-order valence-electron chi connectivity index (χ3n) is 2.25. The molecule has 0 aliphatic carbocycles. The maximum absolute atomic E-state index is 6.01. The van der Waals surface area contributed by atoms with E-state index in [0.29, 0.717) is 5.02 Å². The van der Waals surface area contributed by atoms with Crippen molar-refractivity contribution in [2.75, 3.05) is 18.0 Å². The van der Waals surface area contributed by atoms with Crippen molar-refractivity contribution in [3.8, 4) is 0 Å². The van der Waals surface area contributed by atoms with Crippen molar-refractivity contribution in [2.45, 2.75) is 19.8 Å². The number of rotatable bonds is 1. The molecule has 0 unspecified atom stereocenters. The van der Waals surface area contributed by atoms with E-state index in [9.17, 15) is 0 Å². The maximum Gasteiger partial charge on any atom is 0.151 e. The summed E-state index contributed by atoms with van der Waals surface area (Å²) in [5.74, 6) is 1.68. The molecule has 1 aliphatic heterocycles. The molecule has 70 valence electrons. The zero-order chi connectivity index (χ0) is 9.26. The number of aromatic nitrogens is 2. The van der Waals surface area contributed by atoms with Crippen LogP contribution in [0.15, 0.2) is 6.20 Å². The first-order valence-electron chi connectivity index (χ1n) is 4.51. The van der Waals surface area contributed by atoms with Gasteiger partial charge in [-0.05, 0) is 19.8 Å². The van der Waals surface area contributed by atoms with Crippen LogP contribution in [-0.2, 0) is 0 Å². The Hall–Kier alpha value is -0.830. The molecule has 0 N–H and O–H groups in total. The molecule has 4 heteroatoms. The van der Waals surface area contributed by atoms with E-state index in [1.54, 1.807) is 6.20 Å². The van der Waals surface area contributed by atoms with Gasteiger partial charge < -0.3 is 4.90 Å². The van der Waals surface area contributed by atoms with Crippen LogP contribution < -0.4 is 4.90 Å². The topological polar surface area (TPSA) is 29.0 Å². The highest BCUT2D eigenvalue weighted by molar-refractivity contribution is 6.32. The van der Waals surface area contributed by atoms with Crippen LogP contribution >= 0.6 is 11.6 Å². The molecule has 2 heterocycles. The number of nitrogens with zero attached hydrogens (tertiary/aromatic N) is 3. The van der Waals surface area contributed by atoms with Gasteiger partial charge in [0.05, 0.1) is 6.20 Å². The van der Waals surface area contributed by atoms with Crippen LogP contribution in [0.5, 0.6) is 0 Å². The molecule has 0 aromatic carbocycles. The van der Waals surface area contributed by atoms with Crippen molar-refractivity contribution in [3.63, 3.8) is 0 Å². The van der Waals surface area contributed by atoms with E-state index in [4.69, 9.17) is 11.6 Å². The second-order valence-electron chi connectivity index (χ2n) is 3.28. The summed E-state index contributed by atoms with van der Waals surface area (Å²) >= 11 is 6.01. The van der Waals surface area contributed by atoms with Crippen LogP contribution in [0.25, 0.3) is 0 Å². The molecular formula is C9H12ClN3. The van der Waals surface area contributed by atoms with Gasteiger partial charge in [0, 0.05) is 13.1 Å². The Balaban J connectivity index is 2.32. The highest BCUT2D eigenvalue weighted by Gasteiger charge is 2.16. The first-order chi connectivity index (χ1) is 6.27. The Morgan fingerprint density at radius 1 is 1.38 bits per heavy atom. The monoisotopic (exact) mass is 197 g/mol. The Labute approximate surface area is 82.8 Å². The van der Waals surface area contributed by atoms with Gasteiger partial charge in [-0.2, -0.15) is 0 Å². The molecule has 0 saturated carbocycles. The van der Waals surface area contributed by atoms with Gasteiger partial charge in [-0.1, -0.05) is 11.6 Å². The number of hydrogen-bond donors (Lipinski definition) is 0. The Morgan fingerprint density at radius 3 is 2.77 bits per heavy atom. The molecule has 0 bridgehead atoms. The molecule has 2 rings (SSSR count). The van der Waals surface area contributed by atoms with Gasteiger partial charge in [0.15, 0.2) is 5.82 Å². The lowest BCUT2D eigenvalue weighted by atomic mass is 10.4. The van der Waals surface area contributed by atoms with E-state index in [-0.39, 0.29) is 0 Å². The van der Waals surface area contributed by atoms with Crippen LogP contribution in [0, 0.1) is 6.92 Å². The molecule has 13 heavy (non-hydrogen) atoms. The Kier molecular flexibility index (Phi) is 2.36. The molecule has 1 aliphatic rings. The second kappa shape index (κ2) is 3.50. The number of halogens is 1. The SMILES string of the molecule is Cc1ncc(Cl)c(N2CCCC2)n1. The van der Waals surface area contributed by atoms with Crippen LogP contribution in [0.1, 0.15) is 18.7 Å². The molecule has 0 atom stereocenters. The van der Waals surface area contributed by atoms with Crippen LogP contribution in [-0.4, -0.2) is 23.1 Å². The van der Waals surface area contributed by atoms with Gasteiger partial charge >= 0.3 is 0 Å². The summed E-state index contributed by atoms with van der Waals surface area (Å²) in [5.41, 5.74) is 0. The van der Waals surface area contributed by atoms with E-state index in [0.717, 1.165) is 24.7 Å². The summed E-state index contributed by atoms with van der Waals surface area (Å²) in [6, 6.07) is 0. The molecule has 1 aromatic heterocycles. The molecule has 3 nitrogen and oxygen atoms in total. The number of hydrogen-bond acceptors (Lipinski definition) is 3. The Morgan fingerprint density at radius 2 is 2.08 bits per heavy atom. The summed E-state index contributed by atoms with van der Waals surface area (Å²) in [5, 5.41) is 0.660. The largest absolute Gasteiger partial charge is 0.355 e. The van der Waals surface area contributed by atoms with Crippen molar-refractivity contribution < 1.29 is 0 Å². The Bertz CT molecular complexity index is 308. The van der Waals surface area contributed by atoms with Gasteiger partial charge in [-0.25, -0.2) is 9.97 Å². The fourth-order valence-electron chi connectivity index (χ4n) is 1.59. The predicted octanol–water partition coefficient (Wildman–Crippen LogP) is 2.04. The summed E-state index contributed by atoms with van der Waals surface area (Å²) < 4.78 is 0. The van der Waals surface area contributed by atoms with Gasteiger partial charge in [-0.15, -0.1) is 0 Å². The standard InChI is InChI=1S/C9H12ClN3/c1-7-11-6-8(10)9(12-7)13-4-2-3-5-13/h6H,2-5H2,1H3. The average molecular weight is 198 g/mol. The fraction of sp³-hybridized carbons (Fsp3) is 0.556. The smallest absolute Gasteiger partial charge is 0.151 e. The first-order valence-corrected chi connectivity index (χ1v) is 4.89. The predicted molar refractivity (Wildman–Crippen MR) is 53.2 cm³/mol. The summed E-state index contributed by atoms with van der Waals surface area (Å²) in [6.45, 7) is 4.02. The normalized spacial score (nSPS) is 16.6. The maximum atomic E-state index is 6.01. The zero-order valence-corrected chi connectivity index (χ0v) is 8.38. The lowest BCUT2D eigenvalue weighted by Gasteiger charge is -2.17. The van der Waals surface area contributed by atoms with Crippen molar-refractivity contribution >= 4 is 17.4 Å². The van der Waals surface area contributed by atoms with Gasteiger partial charge in [0.1, 0.15) is 10.8 Å². The highest BCUT2D eigenvalue weighted by atomic mass is 35.5. The van der Waals surface area contributed by atoms with Crippen molar-refractivity contribution in [1.82, 2.24) is 9.97 Å². The second-order valence-corrected chi connectivity index (χ2v) is 3.69. The summed E-state index contributed by atoms with van der Waals surface area (Å²) in [6.07, 6.45) is 4.15. The summed E-state index contributed by atoms with van der Waals surface area (Å²) in [7, 11) is 0. The van der Waals surface area contributed by atoms with Crippen LogP contribution in [0.3, 0.4) is 0 Å². The van der Waals surface area contributed by atoms with Crippen molar-refractivity contribution in [1.29, 1.82) is 0 Å².